The summed E-state index contributed by atoms with van der Waals surface area (Å²) in [6.45, 7) is 5.13. The lowest BCUT2D eigenvalue weighted by Gasteiger charge is -2.27. The molecule has 0 N–H and O–H groups in total. The second-order valence-electron chi connectivity index (χ2n) is 8.69. The number of aromatic nitrogens is 1. The molecule has 1 aliphatic heterocycles. The van der Waals surface area contributed by atoms with Crippen LogP contribution in [0.25, 0.3) is 5.69 Å². The number of hydrogen-bond acceptors (Lipinski definition) is 4. The number of halogens is 3. The third-order valence-electron chi connectivity index (χ3n) is 6.03. The van der Waals surface area contributed by atoms with Gasteiger partial charge in [-0.15, -0.1) is 0 Å². The van der Waals surface area contributed by atoms with E-state index in [2.05, 4.69) is 10.1 Å². The van der Waals surface area contributed by atoms with Gasteiger partial charge in [0.25, 0.3) is 5.56 Å². The maximum atomic E-state index is 14.8. The Bertz CT molecular complexity index is 1270. The smallest absolute Gasteiger partial charge is 0.255 e. The second kappa shape index (κ2) is 9.85. The first-order valence-corrected chi connectivity index (χ1v) is 11.1. The van der Waals surface area contributed by atoms with Gasteiger partial charge in [0.2, 0.25) is 0 Å². The molecule has 0 spiro atoms. The molecular weight excluding hydrogens is 443 g/mol. The van der Waals surface area contributed by atoms with Crippen molar-refractivity contribution in [1.82, 2.24) is 9.47 Å². The Labute approximate surface area is 196 Å². The van der Waals surface area contributed by atoms with Crippen LogP contribution in [-0.2, 0) is 4.84 Å². The Morgan fingerprint density at radius 1 is 0.971 bits per heavy atom. The molecule has 5 nitrogen and oxygen atoms in total. The summed E-state index contributed by atoms with van der Waals surface area (Å²) in [7, 11) is 2.03. The molecule has 0 unspecified atom stereocenters. The molecule has 1 fully saturated rings. The molecule has 0 amide bonds. The van der Waals surface area contributed by atoms with Crippen LogP contribution in [0.5, 0.6) is 0 Å². The van der Waals surface area contributed by atoms with Crippen molar-refractivity contribution < 1.29 is 18.0 Å². The maximum absolute atomic E-state index is 14.8. The lowest BCUT2D eigenvalue weighted by Crippen LogP contribution is -2.33. The fourth-order valence-electron chi connectivity index (χ4n) is 4.24. The van der Waals surface area contributed by atoms with Crippen LogP contribution in [0, 0.1) is 31.3 Å². The summed E-state index contributed by atoms with van der Waals surface area (Å²) in [5.74, 6) is -1.90. The van der Waals surface area contributed by atoms with Gasteiger partial charge >= 0.3 is 0 Å². The molecule has 34 heavy (non-hydrogen) atoms. The minimum Gasteiger partial charge on any atom is -0.392 e. The van der Waals surface area contributed by atoms with Gasteiger partial charge in [0, 0.05) is 42.5 Å². The number of aryl methyl sites for hydroxylation is 2. The molecule has 0 bridgehead atoms. The molecule has 0 saturated carbocycles. The van der Waals surface area contributed by atoms with Gasteiger partial charge < -0.3 is 9.74 Å². The van der Waals surface area contributed by atoms with Crippen molar-refractivity contribution >= 4 is 5.71 Å². The van der Waals surface area contributed by atoms with E-state index in [0.717, 1.165) is 38.1 Å². The van der Waals surface area contributed by atoms with E-state index in [9.17, 15) is 18.0 Å². The van der Waals surface area contributed by atoms with Gasteiger partial charge in [0.05, 0.1) is 5.69 Å². The van der Waals surface area contributed by atoms with Gasteiger partial charge in [-0.3, -0.25) is 9.36 Å². The average molecular weight is 470 g/mol. The quantitative estimate of drug-likeness (QED) is 0.401. The predicted molar refractivity (Wildman–Crippen MR) is 125 cm³/mol. The SMILES string of the molecule is Cc1cc(F)cc(C)c1-n1cc(C(=NOC2CCN(C)CC2)c2ccc(F)cc2F)ccc1=O. The highest BCUT2D eigenvalue weighted by Gasteiger charge is 2.21. The Hall–Kier alpha value is -3.39. The molecular formula is C26H26F3N3O2. The second-order valence-corrected chi connectivity index (χ2v) is 8.69. The normalized spacial score (nSPS) is 15.5. The monoisotopic (exact) mass is 469 g/mol. The van der Waals surface area contributed by atoms with Gasteiger partial charge in [0.15, 0.2) is 0 Å². The molecule has 2 aromatic carbocycles. The van der Waals surface area contributed by atoms with Crippen LogP contribution < -0.4 is 5.56 Å². The number of oxime groups is 1. The van der Waals surface area contributed by atoms with E-state index < -0.39 is 17.5 Å². The average Bonchev–Trinajstić information content (AvgIpc) is 2.77. The van der Waals surface area contributed by atoms with Crippen molar-refractivity contribution in [3.63, 3.8) is 0 Å². The fraction of sp³-hybridized carbons (Fsp3) is 0.308. The molecule has 0 radical (unpaired) electrons. The lowest BCUT2D eigenvalue weighted by atomic mass is 10.0. The van der Waals surface area contributed by atoms with Crippen LogP contribution in [0.2, 0.25) is 0 Å². The summed E-state index contributed by atoms with van der Waals surface area (Å²) >= 11 is 0. The minimum absolute atomic E-state index is 0.0482. The largest absolute Gasteiger partial charge is 0.392 e. The van der Waals surface area contributed by atoms with Crippen LogP contribution in [0.15, 0.2) is 58.6 Å². The zero-order valence-corrected chi connectivity index (χ0v) is 19.3. The Kier molecular flexibility index (Phi) is 6.88. The van der Waals surface area contributed by atoms with E-state index in [0.29, 0.717) is 22.4 Å². The van der Waals surface area contributed by atoms with Gasteiger partial charge in [0.1, 0.15) is 29.3 Å². The van der Waals surface area contributed by atoms with Crippen LogP contribution >= 0.6 is 0 Å². The van der Waals surface area contributed by atoms with Gasteiger partial charge in [-0.05, 0) is 75.2 Å². The van der Waals surface area contributed by atoms with E-state index in [1.54, 1.807) is 13.8 Å². The summed E-state index contributed by atoms with van der Waals surface area (Å²) in [4.78, 5) is 20.7. The molecule has 1 aromatic heterocycles. The summed E-state index contributed by atoms with van der Waals surface area (Å²) in [5, 5.41) is 4.29. The number of pyridine rings is 1. The molecule has 3 aromatic rings. The highest BCUT2D eigenvalue weighted by Crippen LogP contribution is 2.22. The summed E-state index contributed by atoms with van der Waals surface area (Å²) < 4.78 is 43.6. The van der Waals surface area contributed by atoms with Crippen molar-refractivity contribution in [2.45, 2.75) is 32.8 Å². The van der Waals surface area contributed by atoms with Gasteiger partial charge in [-0.1, -0.05) is 5.16 Å². The number of likely N-dealkylation sites (tertiary alicyclic amines) is 1. The highest BCUT2D eigenvalue weighted by atomic mass is 19.1. The first-order chi connectivity index (χ1) is 16.2. The molecule has 2 heterocycles. The third-order valence-corrected chi connectivity index (χ3v) is 6.03. The van der Waals surface area contributed by atoms with E-state index in [1.807, 2.05) is 7.05 Å². The van der Waals surface area contributed by atoms with Crippen LogP contribution in [0.4, 0.5) is 13.2 Å². The van der Waals surface area contributed by atoms with Crippen molar-refractivity contribution in [3.8, 4) is 5.69 Å². The van der Waals surface area contributed by atoms with Gasteiger partial charge in [-0.25, -0.2) is 13.2 Å². The molecule has 178 valence electrons. The molecule has 1 saturated heterocycles. The number of hydrogen-bond donors (Lipinski definition) is 0. The van der Waals surface area contributed by atoms with E-state index in [4.69, 9.17) is 4.84 Å². The Balaban J connectivity index is 1.81. The number of piperidine rings is 1. The van der Waals surface area contributed by atoms with Crippen LogP contribution in [0.1, 0.15) is 35.1 Å². The van der Waals surface area contributed by atoms with Crippen molar-refractivity contribution in [2.75, 3.05) is 20.1 Å². The van der Waals surface area contributed by atoms with Crippen molar-refractivity contribution in [1.29, 1.82) is 0 Å². The van der Waals surface area contributed by atoms with Gasteiger partial charge in [-0.2, -0.15) is 0 Å². The highest BCUT2D eigenvalue weighted by molar-refractivity contribution is 6.12. The zero-order chi connectivity index (χ0) is 24.4. The lowest BCUT2D eigenvalue weighted by molar-refractivity contribution is 0.0163. The third kappa shape index (κ3) is 5.07. The van der Waals surface area contributed by atoms with E-state index >= 15 is 0 Å². The first kappa shape index (κ1) is 23.8. The minimum atomic E-state index is -0.794. The number of rotatable bonds is 5. The first-order valence-electron chi connectivity index (χ1n) is 11.1. The van der Waals surface area contributed by atoms with E-state index in [-0.39, 0.29) is 22.9 Å². The molecule has 8 heteroatoms. The maximum Gasteiger partial charge on any atom is 0.255 e. The molecule has 0 atom stereocenters. The van der Waals surface area contributed by atoms with E-state index in [1.165, 1.54) is 41.1 Å². The number of nitrogens with zero attached hydrogens (tertiary/aromatic N) is 3. The molecule has 0 aliphatic carbocycles. The van der Waals surface area contributed by atoms with Crippen LogP contribution in [0.3, 0.4) is 0 Å². The standard InChI is InChI=1S/C26H26F3N3O2/c1-16-12-20(28)13-17(2)26(16)32-15-18(4-7-24(32)33)25(22-6-5-19(27)14-23(22)29)30-34-21-8-10-31(3)11-9-21/h4-7,12-15,21H,8-11H2,1-3H3. The molecule has 1 aliphatic rings. The van der Waals surface area contributed by atoms with Crippen molar-refractivity contribution in [2.24, 2.45) is 5.16 Å². The fourth-order valence-corrected chi connectivity index (χ4v) is 4.24. The topological polar surface area (TPSA) is 46.8 Å². The van der Waals surface area contributed by atoms with Crippen LogP contribution in [-0.4, -0.2) is 41.4 Å². The summed E-state index contributed by atoms with van der Waals surface area (Å²) in [5.41, 5.74) is 1.94. The Morgan fingerprint density at radius 3 is 2.29 bits per heavy atom. The summed E-state index contributed by atoms with van der Waals surface area (Å²) in [6.07, 6.45) is 2.93. The predicted octanol–water partition coefficient (Wildman–Crippen LogP) is 4.73. The Morgan fingerprint density at radius 2 is 1.65 bits per heavy atom. The molecule has 4 rings (SSSR count). The zero-order valence-electron chi connectivity index (χ0n) is 19.3. The summed E-state index contributed by atoms with van der Waals surface area (Å²) in [6, 6.07) is 8.78. The number of benzene rings is 2. The van der Waals surface area contributed by atoms with Crippen molar-refractivity contribution in [3.05, 3.63) is 98.7 Å².